The van der Waals surface area contributed by atoms with Crippen LogP contribution in [-0.4, -0.2) is 19.9 Å². The van der Waals surface area contributed by atoms with Crippen LogP contribution in [-0.2, 0) is 9.84 Å². The molecule has 0 bridgehead atoms. The Bertz CT molecular complexity index is 251. The second-order valence-corrected chi connectivity index (χ2v) is 7.07. The van der Waals surface area contributed by atoms with Crippen LogP contribution in [0.3, 0.4) is 0 Å². The first kappa shape index (κ1) is 11.0. The summed E-state index contributed by atoms with van der Waals surface area (Å²) in [5.74, 6) is 1.41. The zero-order valence-corrected chi connectivity index (χ0v) is 9.65. The van der Waals surface area contributed by atoms with Gasteiger partial charge in [-0.1, -0.05) is 27.2 Å². The van der Waals surface area contributed by atoms with Gasteiger partial charge in [-0.3, -0.25) is 0 Å². The van der Waals surface area contributed by atoms with E-state index >= 15 is 0 Å². The van der Waals surface area contributed by atoms with E-state index in [9.17, 15) is 8.42 Å². The molecule has 0 N–H and O–H groups in total. The second-order valence-electron chi connectivity index (χ2n) is 4.77. The largest absolute Gasteiger partial charge is 0.229 e. The third-order valence-corrected chi connectivity index (χ3v) is 5.29. The Morgan fingerprint density at radius 2 is 1.69 bits per heavy atom. The lowest BCUT2D eigenvalue weighted by Crippen LogP contribution is -2.32. The highest BCUT2D eigenvalue weighted by molar-refractivity contribution is 7.91. The van der Waals surface area contributed by atoms with Crippen LogP contribution in [0.1, 0.15) is 40.0 Å². The zero-order chi connectivity index (χ0) is 10.1. The van der Waals surface area contributed by atoms with Crippen LogP contribution in [0.5, 0.6) is 0 Å². The Morgan fingerprint density at radius 3 is 2.08 bits per heavy atom. The molecule has 0 aromatic carbocycles. The average molecular weight is 204 g/mol. The molecule has 1 saturated heterocycles. The van der Waals surface area contributed by atoms with Crippen LogP contribution in [0.4, 0.5) is 0 Å². The van der Waals surface area contributed by atoms with E-state index < -0.39 is 9.84 Å². The molecular weight excluding hydrogens is 184 g/mol. The topological polar surface area (TPSA) is 34.1 Å². The average Bonchev–Trinajstić information content (AvgIpc) is 2.04. The van der Waals surface area contributed by atoms with E-state index in [2.05, 4.69) is 20.8 Å². The maximum atomic E-state index is 11.2. The van der Waals surface area contributed by atoms with Crippen molar-refractivity contribution in [2.24, 2.45) is 11.3 Å². The van der Waals surface area contributed by atoms with Gasteiger partial charge in [-0.05, 0) is 24.2 Å². The monoisotopic (exact) mass is 204 g/mol. The van der Waals surface area contributed by atoms with Crippen LogP contribution >= 0.6 is 0 Å². The van der Waals surface area contributed by atoms with Crippen molar-refractivity contribution >= 4 is 9.84 Å². The molecule has 1 aliphatic heterocycles. The van der Waals surface area contributed by atoms with Crippen LogP contribution in [0.15, 0.2) is 0 Å². The van der Waals surface area contributed by atoms with Crippen LogP contribution in [0, 0.1) is 11.3 Å². The van der Waals surface area contributed by atoms with Gasteiger partial charge in [-0.25, -0.2) is 8.42 Å². The first-order valence-electron chi connectivity index (χ1n) is 5.08. The van der Waals surface area contributed by atoms with Crippen molar-refractivity contribution in [2.75, 3.05) is 11.5 Å². The summed E-state index contributed by atoms with van der Waals surface area (Å²) in [7, 11) is -2.68. The molecule has 0 spiro atoms. The first-order valence-corrected chi connectivity index (χ1v) is 6.90. The molecule has 0 amide bonds. The van der Waals surface area contributed by atoms with E-state index in [1.165, 1.54) is 0 Å². The third kappa shape index (κ3) is 2.70. The summed E-state index contributed by atoms with van der Waals surface area (Å²) in [6.07, 6.45) is 2.87. The van der Waals surface area contributed by atoms with Crippen molar-refractivity contribution in [1.82, 2.24) is 0 Å². The lowest BCUT2D eigenvalue weighted by Gasteiger charge is -2.36. The maximum absolute atomic E-state index is 11.2. The molecule has 0 aromatic rings. The van der Waals surface area contributed by atoms with Crippen LogP contribution in [0.25, 0.3) is 0 Å². The predicted octanol–water partition coefficient (Wildman–Crippen LogP) is 2.25. The van der Waals surface area contributed by atoms with Gasteiger partial charge in [0.25, 0.3) is 0 Å². The summed E-state index contributed by atoms with van der Waals surface area (Å²) in [6, 6.07) is 0. The van der Waals surface area contributed by atoms with Gasteiger partial charge in [0.1, 0.15) is 9.84 Å². The van der Waals surface area contributed by atoms with Gasteiger partial charge in [0.05, 0.1) is 11.5 Å². The summed E-state index contributed by atoms with van der Waals surface area (Å²) < 4.78 is 22.4. The molecule has 0 aliphatic carbocycles. The molecule has 1 heterocycles. The Hall–Kier alpha value is -0.0500. The van der Waals surface area contributed by atoms with E-state index in [4.69, 9.17) is 0 Å². The van der Waals surface area contributed by atoms with Crippen molar-refractivity contribution in [2.45, 2.75) is 40.0 Å². The van der Waals surface area contributed by atoms with E-state index in [-0.39, 0.29) is 0 Å². The summed E-state index contributed by atoms with van der Waals surface area (Å²) in [5, 5.41) is 0. The molecule has 0 radical (unpaired) electrons. The normalized spacial score (nSPS) is 24.5. The molecule has 0 aromatic heterocycles. The van der Waals surface area contributed by atoms with Crippen LogP contribution in [0.2, 0.25) is 0 Å². The third-order valence-electron chi connectivity index (χ3n) is 3.57. The van der Waals surface area contributed by atoms with E-state index in [1.807, 2.05) is 0 Å². The van der Waals surface area contributed by atoms with Crippen LogP contribution < -0.4 is 0 Å². The number of hydrogen-bond acceptors (Lipinski definition) is 2. The molecule has 78 valence electrons. The Morgan fingerprint density at radius 1 is 1.23 bits per heavy atom. The lowest BCUT2D eigenvalue weighted by atomic mass is 9.74. The van der Waals surface area contributed by atoms with E-state index in [0.29, 0.717) is 22.8 Å². The minimum Gasteiger partial charge on any atom is -0.229 e. The van der Waals surface area contributed by atoms with Gasteiger partial charge in [0.2, 0.25) is 0 Å². The van der Waals surface area contributed by atoms with Gasteiger partial charge in [-0.15, -0.1) is 0 Å². The molecule has 13 heavy (non-hydrogen) atoms. The van der Waals surface area contributed by atoms with Gasteiger partial charge in [0.15, 0.2) is 0 Å². The van der Waals surface area contributed by atoms with Crippen molar-refractivity contribution in [3.8, 4) is 0 Å². The van der Waals surface area contributed by atoms with Crippen molar-refractivity contribution in [3.05, 3.63) is 0 Å². The van der Waals surface area contributed by atoms with Gasteiger partial charge < -0.3 is 0 Å². The SMILES string of the molecule is CCC(C)(C)C1CCS(=O)(=O)CC1. The molecule has 0 saturated carbocycles. The van der Waals surface area contributed by atoms with Gasteiger partial charge >= 0.3 is 0 Å². The highest BCUT2D eigenvalue weighted by Gasteiger charge is 2.33. The number of rotatable bonds is 2. The molecule has 1 rings (SSSR count). The Labute approximate surface area is 81.6 Å². The minimum absolute atomic E-state index is 0.315. The lowest BCUT2D eigenvalue weighted by molar-refractivity contribution is 0.188. The van der Waals surface area contributed by atoms with E-state index in [0.717, 1.165) is 19.3 Å². The summed E-state index contributed by atoms with van der Waals surface area (Å²) in [5.41, 5.74) is 0.315. The Balaban J connectivity index is 2.60. The Kier molecular flexibility index (Phi) is 3.05. The zero-order valence-electron chi connectivity index (χ0n) is 8.84. The smallest absolute Gasteiger partial charge is 0.150 e. The number of sulfone groups is 1. The highest BCUT2D eigenvalue weighted by Crippen LogP contribution is 2.37. The standard InChI is InChI=1S/C10H20O2S/c1-4-10(2,3)9-5-7-13(11,12)8-6-9/h9H,4-8H2,1-3H3. The fourth-order valence-corrected chi connectivity index (χ4v) is 3.45. The van der Waals surface area contributed by atoms with Gasteiger partial charge in [0, 0.05) is 0 Å². The summed E-state index contributed by atoms with van der Waals surface area (Å²) >= 11 is 0. The van der Waals surface area contributed by atoms with Gasteiger partial charge in [-0.2, -0.15) is 0 Å². The maximum Gasteiger partial charge on any atom is 0.150 e. The molecule has 2 nitrogen and oxygen atoms in total. The summed E-state index contributed by atoms with van der Waals surface area (Å²) in [4.78, 5) is 0. The minimum atomic E-state index is -2.68. The number of hydrogen-bond donors (Lipinski definition) is 0. The van der Waals surface area contributed by atoms with Crippen molar-refractivity contribution in [3.63, 3.8) is 0 Å². The quantitative estimate of drug-likeness (QED) is 0.691. The fourth-order valence-electron chi connectivity index (χ4n) is 1.96. The molecule has 3 heteroatoms. The predicted molar refractivity (Wildman–Crippen MR) is 55.4 cm³/mol. The fraction of sp³-hybridized carbons (Fsp3) is 1.00. The molecule has 0 unspecified atom stereocenters. The first-order chi connectivity index (χ1) is 5.87. The van der Waals surface area contributed by atoms with Crippen molar-refractivity contribution in [1.29, 1.82) is 0 Å². The highest BCUT2D eigenvalue weighted by atomic mass is 32.2. The second kappa shape index (κ2) is 3.60. The molecule has 1 aliphatic rings. The molecule has 0 atom stereocenters. The van der Waals surface area contributed by atoms with E-state index in [1.54, 1.807) is 0 Å². The van der Waals surface area contributed by atoms with Crippen molar-refractivity contribution < 1.29 is 8.42 Å². The molecule has 1 fully saturated rings. The summed E-state index contributed by atoms with van der Waals surface area (Å²) in [6.45, 7) is 6.67. The molecular formula is C10H20O2S.